The number of carboxylic acid groups (broad SMARTS) is 1. The fourth-order valence-electron chi connectivity index (χ4n) is 2.66. The molecule has 4 aromatic rings. The number of nitrogen functional groups attached to an aromatic ring is 1. The highest BCUT2D eigenvalue weighted by Gasteiger charge is 2.13. The van der Waals surface area contributed by atoms with Crippen LogP contribution >= 0.6 is 0 Å². The lowest BCUT2D eigenvalue weighted by Crippen LogP contribution is -1.96. The van der Waals surface area contributed by atoms with Crippen molar-refractivity contribution in [1.82, 2.24) is 24.7 Å². The number of imidazole rings is 1. The van der Waals surface area contributed by atoms with E-state index in [0.29, 0.717) is 28.2 Å². The van der Waals surface area contributed by atoms with Gasteiger partial charge in [0.25, 0.3) is 0 Å². The molecule has 0 fully saturated rings. The molecule has 0 aliphatic carbocycles. The number of fused-ring (bicyclic) bond motifs is 1. The van der Waals surface area contributed by atoms with E-state index >= 15 is 0 Å². The summed E-state index contributed by atoms with van der Waals surface area (Å²) in [6, 6.07) is 6.61. The van der Waals surface area contributed by atoms with Gasteiger partial charge in [0.05, 0.1) is 28.4 Å². The molecular weight excluding hydrogens is 320 g/mol. The van der Waals surface area contributed by atoms with Crippen LogP contribution in [-0.4, -0.2) is 35.8 Å². The Bertz CT molecular complexity index is 1110. The number of hydrogen-bond donors (Lipinski definition) is 3. The van der Waals surface area contributed by atoms with E-state index < -0.39 is 5.97 Å². The van der Waals surface area contributed by atoms with Crippen molar-refractivity contribution in [2.75, 3.05) is 5.73 Å². The Morgan fingerprint density at radius 1 is 1.24 bits per heavy atom. The lowest BCUT2D eigenvalue weighted by molar-refractivity contribution is 0.0697. The lowest BCUT2D eigenvalue weighted by atomic mass is 10.1. The number of carboxylic acids is 1. The van der Waals surface area contributed by atoms with E-state index in [1.165, 1.54) is 6.07 Å². The summed E-state index contributed by atoms with van der Waals surface area (Å²) in [5.74, 6) is -0.115. The maximum atomic E-state index is 11.1. The third-order valence-corrected chi connectivity index (χ3v) is 3.94. The molecular formula is C17H14N6O2. The van der Waals surface area contributed by atoms with Gasteiger partial charge in [-0.3, -0.25) is 4.68 Å². The number of benzene rings is 1. The number of nitrogens with zero attached hydrogens (tertiary/aromatic N) is 4. The Labute approximate surface area is 142 Å². The average molecular weight is 334 g/mol. The van der Waals surface area contributed by atoms with Crippen LogP contribution in [0.25, 0.3) is 33.5 Å². The summed E-state index contributed by atoms with van der Waals surface area (Å²) >= 11 is 0. The Balaban J connectivity index is 1.83. The molecule has 4 rings (SSSR count). The molecule has 0 bridgehead atoms. The molecule has 8 heteroatoms. The molecule has 1 aromatic carbocycles. The second-order valence-corrected chi connectivity index (χ2v) is 5.68. The minimum Gasteiger partial charge on any atom is -0.478 e. The number of aromatic amines is 1. The summed E-state index contributed by atoms with van der Waals surface area (Å²) in [5.41, 5.74) is 9.93. The van der Waals surface area contributed by atoms with Crippen molar-refractivity contribution in [3.63, 3.8) is 0 Å². The van der Waals surface area contributed by atoms with Gasteiger partial charge in [-0.25, -0.2) is 14.8 Å². The molecule has 4 N–H and O–H groups in total. The van der Waals surface area contributed by atoms with Gasteiger partial charge in [-0.1, -0.05) is 0 Å². The van der Waals surface area contributed by atoms with Crippen LogP contribution in [-0.2, 0) is 7.05 Å². The third kappa shape index (κ3) is 2.59. The van der Waals surface area contributed by atoms with Gasteiger partial charge in [-0.05, 0) is 24.3 Å². The van der Waals surface area contributed by atoms with Gasteiger partial charge in [0.2, 0.25) is 0 Å². The fourth-order valence-corrected chi connectivity index (χ4v) is 2.66. The van der Waals surface area contributed by atoms with Crippen LogP contribution in [0.3, 0.4) is 0 Å². The number of aromatic carboxylic acids is 1. The zero-order valence-corrected chi connectivity index (χ0v) is 13.3. The molecule has 0 atom stereocenters. The Morgan fingerprint density at radius 2 is 2.08 bits per heavy atom. The van der Waals surface area contributed by atoms with Crippen LogP contribution < -0.4 is 5.73 Å². The van der Waals surface area contributed by atoms with E-state index in [4.69, 9.17) is 10.8 Å². The van der Waals surface area contributed by atoms with Crippen molar-refractivity contribution >= 4 is 22.8 Å². The minimum absolute atomic E-state index is 0.193. The number of aromatic nitrogens is 5. The zero-order chi connectivity index (χ0) is 17.6. The molecule has 0 unspecified atom stereocenters. The van der Waals surface area contributed by atoms with Crippen molar-refractivity contribution in [2.24, 2.45) is 7.05 Å². The van der Waals surface area contributed by atoms with Crippen molar-refractivity contribution in [2.45, 2.75) is 0 Å². The highest BCUT2D eigenvalue weighted by molar-refractivity contribution is 5.93. The van der Waals surface area contributed by atoms with Crippen molar-refractivity contribution in [3.8, 4) is 22.5 Å². The van der Waals surface area contributed by atoms with Gasteiger partial charge >= 0.3 is 5.97 Å². The molecule has 8 nitrogen and oxygen atoms in total. The van der Waals surface area contributed by atoms with E-state index in [1.807, 2.05) is 19.3 Å². The number of nitrogens with two attached hydrogens (primary N) is 1. The van der Waals surface area contributed by atoms with Crippen LogP contribution in [0.5, 0.6) is 0 Å². The first-order chi connectivity index (χ1) is 12.0. The van der Waals surface area contributed by atoms with E-state index in [2.05, 4.69) is 20.1 Å². The van der Waals surface area contributed by atoms with E-state index in [1.54, 1.807) is 29.2 Å². The van der Waals surface area contributed by atoms with E-state index in [9.17, 15) is 4.79 Å². The van der Waals surface area contributed by atoms with Crippen LogP contribution in [0.15, 0.2) is 42.9 Å². The van der Waals surface area contributed by atoms with E-state index in [-0.39, 0.29) is 5.56 Å². The van der Waals surface area contributed by atoms with Gasteiger partial charge in [-0.15, -0.1) is 0 Å². The SMILES string of the molecule is Cn1cc(-c2cnc(N)c(-c3nc4ccc(C(=O)O)cc4[nH]3)c2)cn1. The topological polar surface area (TPSA) is 123 Å². The monoisotopic (exact) mass is 334 g/mol. The quantitative estimate of drug-likeness (QED) is 0.528. The number of aryl methyl sites for hydroxylation is 1. The second-order valence-electron chi connectivity index (χ2n) is 5.68. The van der Waals surface area contributed by atoms with Gasteiger partial charge in [-0.2, -0.15) is 5.10 Å². The number of nitrogens with one attached hydrogen (secondary N) is 1. The molecule has 0 saturated carbocycles. The first-order valence-electron chi connectivity index (χ1n) is 7.49. The summed E-state index contributed by atoms with van der Waals surface area (Å²) in [7, 11) is 1.84. The summed E-state index contributed by atoms with van der Waals surface area (Å²) in [6.45, 7) is 0. The molecule has 25 heavy (non-hydrogen) atoms. The molecule has 3 heterocycles. The molecule has 124 valence electrons. The Morgan fingerprint density at radius 3 is 2.80 bits per heavy atom. The lowest BCUT2D eigenvalue weighted by Gasteiger charge is -2.04. The average Bonchev–Trinajstić information content (AvgIpc) is 3.20. The predicted octanol–water partition coefficient (Wildman–Crippen LogP) is 2.31. The maximum absolute atomic E-state index is 11.1. The van der Waals surface area contributed by atoms with Crippen molar-refractivity contribution < 1.29 is 9.90 Å². The van der Waals surface area contributed by atoms with Gasteiger partial charge < -0.3 is 15.8 Å². The first-order valence-corrected chi connectivity index (χ1v) is 7.49. The highest BCUT2D eigenvalue weighted by Crippen LogP contribution is 2.29. The molecule has 0 aliphatic heterocycles. The summed E-state index contributed by atoms with van der Waals surface area (Å²) in [6.07, 6.45) is 5.31. The zero-order valence-electron chi connectivity index (χ0n) is 13.3. The van der Waals surface area contributed by atoms with Gasteiger partial charge in [0.1, 0.15) is 11.6 Å². The summed E-state index contributed by atoms with van der Waals surface area (Å²) < 4.78 is 1.71. The molecule has 0 radical (unpaired) electrons. The molecule has 0 amide bonds. The predicted molar refractivity (Wildman–Crippen MR) is 92.9 cm³/mol. The molecule has 0 spiro atoms. The molecule has 3 aromatic heterocycles. The maximum Gasteiger partial charge on any atom is 0.335 e. The van der Waals surface area contributed by atoms with E-state index in [0.717, 1.165) is 11.1 Å². The van der Waals surface area contributed by atoms with Gasteiger partial charge in [0.15, 0.2) is 0 Å². The second kappa shape index (κ2) is 5.45. The van der Waals surface area contributed by atoms with Crippen LogP contribution in [0.1, 0.15) is 10.4 Å². The smallest absolute Gasteiger partial charge is 0.335 e. The van der Waals surface area contributed by atoms with Crippen molar-refractivity contribution in [1.29, 1.82) is 0 Å². The van der Waals surface area contributed by atoms with Crippen LogP contribution in [0.4, 0.5) is 5.82 Å². The Kier molecular flexibility index (Phi) is 3.24. The number of anilines is 1. The minimum atomic E-state index is -0.988. The summed E-state index contributed by atoms with van der Waals surface area (Å²) in [5, 5.41) is 13.3. The first kappa shape index (κ1) is 14.9. The number of carbonyl (C=O) groups is 1. The van der Waals surface area contributed by atoms with Crippen LogP contribution in [0, 0.1) is 0 Å². The molecule has 0 aliphatic rings. The normalized spacial score (nSPS) is 11.1. The summed E-state index contributed by atoms with van der Waals surface area (Å²) in [4.78, 5) is 23.0. The highest BCUT2D eigenvalue weighted by atomic mass is 16.4. The number of rotatable bonds is 3. The number of hydrogen-bond acceptors (Lipinski definition) is 5. The largest absolute Gasteiger partial charge is 0.478 e. The molecule has 0 saturated heterocycles. The Hall–Kier alpha value is -3.68. The van der Waals surface area contributed by atoms with Gasteiger partial charge in [0, 0.05) is 30.6 Å². The third-order valence-electron chi connectivity index (χ3n) is 3.94. The van der Waals surface area contributed by atoms with Crippen molar-refractivity contribution in [3.05, 3.63) is 48.4 Å². The number of H-pyrrole nitrogens is 1. The standard InChI is InChI=1S/C17H14N6O2/c1-23-8-11(7-20-23)10-4-12(15(18)19-6-10)16-21-13-3-2-9(17(24)25)5-14(13)22-16/h2-8H,1H3,(H2,18,19)(H,21,22)(H,24,25). The fraction of sp³-hybridized carbons (Fsp3) is 0.0588. The van der Waals surface area contributed by atoms with Crippen LogP contribution in [0.2, 0.25) is 0 Å². The number of pyridine rings is 1.